The lowest BCUT2D eigenvalue weighted by Crippen LogP contribution is -2.32. The molecule has 0 aliphatic heterocycles. The van der Waals surface area contributed by atoms with Crippen LogP contribution in [0.1, 0.15) is 43.2 Å². The molecule has 39 heavy (non-hydrogen) atoms. The number of benzene rings is 3. The first-order chi connectivity index (χ1) is 19.0. The molecule has 210 valence electrons. The van der Waals surface area contributed by atoms with Crippen molar-refractivity contribution in [3.63, 3.8) is 0 Å². The van der Waals surface area contributed by atoms with Gasteiger partial charge in [0.25, 0.3) is 0 Å². The average molecular weight is 554 g/mol. The molecule has 1 saturated carbocycles. The van der Waals surface area contributed by atoms with Gasteiger partial charge in [-0.15, -0.1) is 0 Å². The summed E-state index contributed by atoms with van der Waals surface area (Å²) in [5.41, 5.74) is 2.11. The molecule has 1 aliphatic rings. The maximum atomic E-state index is 12.6. The molecule has 4 rings (SSSR count). The van der Waals surface area contributed by atoms with Gasteiger partial charge >= 0.3 is 0 Å². The van der Waals surface area contributed by atoms with Gasteiger partial charge < -0.3 is 29.5 Å². The fourth-order valence-electron chi connectivity index (χ4n) is 4.64. The van der Waals surface area contributed by atoms with Crippen LogP contribution in [0, 0.1) is 0 Å². The van der Waals surface area contributed by atoms with E-state index >= 15 is 0 Å². The van der Waals surface area contributed by atoms with Gasteiger partial charge in [-0.2, -0.15) is 0 Å². The number of nitrogens with one attached hydrogen (secondary N) is 1. The van der Waals surface area contributed by atoms with Crippen LogP contribution in [0.3, 0.4) is 0 Å². The fourth-order valence-corrected chi connectivity index (χ4v) is 6.35. The fraction of sp³-hybridized carbons (Fsp3) is 0.419. The molecule has 0 heterocycles. The maximum Gasteiger partial charge on any atom is 0.239 e. The molecule has 3 aromatic carbocycles. The van der Waals surface area contributed by atoms with Gasteiger partial charge in [-0.1, -0.05) is 61.7 Å². The molecule has 3 aromatic rings. The summed E-state index contributed by atoms with van der Waals surface area (Å²) < 4.78 is 29.8. The van der Waals surface area contributed by atoms with Crippen LogP contribution < -0.4 is 19.5 Å². The van der Waals surface area contributed by atoms with Crippen molar-refractivity contribution >= 4 is 7.37 Å². The predicted molar refractivity (Wildman–Crippen MR) is 154 cm³/mol. The minimum atomic E-state index is -3.29. The Morgan fingerprint density at radius 1 is 0.795 bits per heavy atom. The van der Waals surface area contributed by atoms with Crippen LogP contribution in [0.5, 0.6) is 17.2 Å². The van der Waals surface area contributed by atoms with Crippen LogP contribution in [0.25, 0.3) is 0 Å². The summed E-state index contributed by atoms with van der Waals surface area (Å²) in [7, 11) is -3.29. The average Bonchev–Trinajstić information content (AvgIpc) is 2.98. The molecule has 3 N–H and O–H groups in total. The molecule has 0 saturated heterocycles. The van der Waals surface area contributed by atoms with Crippen molar-refractivity contribution in [3.05, 3.63) is 90.0 Å². The molecule has 8 heteroatoms. The Bertz CT molecular complexity index is 1150. The van der Waals surface area contributed by atoms with E-state index in [1.807, 2.05) is 78.9 Å². The van der Waals surface area contributed by atoms with Crippen molar-refractivity contribution in [1.29, 1.82) is 0 Å². The second-order valence-corrected chi connectivity index (χ2v) is 12.6. The molecule has 2 atom stereocenters. The Hall–Kier alpha value is -2.83. The Balaban J connectivity index is 1.08. The third-order valence-corrected chi connectivity index (χ3v) is 9.13. The summed E-state index contributed by atoms with van der Waals surface area (Å²) in [5.74, 6) is 2.06. The highest BCUT2D eigenvalue weighted by Crippen LogP contribution is 2.51. The molecule has 0 amide bonds. The smallest absolute Gasteiger partial charge is 0.239 e. The van der Waals surface area contributed by atoms with Gasteiger partial charge in [-0.3, -0.25) is 4.57 Å². The van der Waals surface area contributed by atoms with E-state index in [1.165, 1.54) is 0 Å². The summed E-state index contributed by atoms with van der Waals surface area (Å²) in [6, 6.07) is 25.0. The monoisotopic (exact) mass is 553 g/mol. The Labute approximate surface area is 231 Å². The molecule has 0 bridgehead atoms. The van der Waals surface area contributed by atoms with Crippen LogP contribution >= 0.6 is 7.37 Å². The lowest BCUT2D eigenvalue weighted by Gasteiger charge is -2.26. The summed E-state index contributed by atoms with van der Waals surface area (Å²) in [5, 5.41) is 13.5. The van der Waals surface area contributed by atoms with E-state index in [1.54, 1.807) is 0 Å². The van der Waals surface area contributed by atoms with Gasteiger partial charge in [0.05, 0.1) is 0 Å². The first-order valence-electron chi connectivity index (χ1n) is 13.8. The van der Waals surface area contributed by atoms with Crippen molar-refractivity contribution in [2.75, 3.05) is 26.0 Å². The van der Waals surface area contributed by atoms with E-state index in [0.29, 0.717) is 31.2 Å². The summed E-state index contributed by atoms with van der Waals surface area (Å²) >= 11 is 0. The lowest BCUT2D eigenvalue weighted by molar-refractivity contribution is 0.106. The topological polar surface area (TPSA) is 97.3 Å². The molecule has 1 unspecified atom stereocenters. The van der Waals surface area contributed by atoms with Gasteiger partial charge in [0.15, 0.2) is 6.35 Å². The lowest BCUT2D eigenvalue weighted by atomic mass is 10.0. The Morgan fingerprint density at radius 2 is 1.41 bits per heavy atom. The van der Waals surface area contributed by atoms with Gasteiger partial charge in [-0.05, 0) is 73.3 Å². The maximum absolute atomic E-state index is 12.6. The zero-order valence-corrected chi connectivity index (χ0v) is 23.3. The highest BCUT2D eigenvalue weighted by Gasteiger charge is 2.32. The highest BCUT2D eigenvalue weighted by molar-refractivity contribution is 7.58. The van der Waals surface area contributed by atoms with Crippen LogP contribution in [0.15, 0.2) is 78.9 Å². The highest BCUT2D eigenvalue weighted by atomic mass is 31.2. The molecular weight excluding hydrogens is 513 g/mol. The molecular formula is C31H40NO6P. The number of hydrogen-bond acceptors (Lipinski definition) is 6. The Morgan fingerprint density at radius 3 is 2.10 bits per heavy atom. The molecule has 0 aromatic heterocycles. The number of hydrogen-bond donors (Lipinski definition) is 3. The van der Waals surface area contributed by atoms with Gasteiger partial charge in [-0.25, -0.2) is 0 Å². The standard InChI is InChI=1S/C31H40NO6P/c33-27(23-37-29-17-15-28(16-18-29)36-22-26-7-3-1-4-8-26)21-32-20-19-25-11-13-30(14-12-25)38-24-39(34,35)31-9-5-2-6-10-31/h1,3-4,7-8,11-18,27,31-33H,2,5-6,9-10,19-24H2,(H,34,35)/t27-/m0/s1. The second-order valence-electron chi connectivity index (χ2n) is 10.1. The zero-order valence-electron chi connectivity index (χ0n) is 22.4. The SMILES string of the molecule is O=P(O)(COc1ccc(CCNC[C@H](O)COc2ccc(OCc3ccccc3)cc2)cc1)C1CCCCC1. The normalized spacial score (nSPS) is 16.3. The second kappa shape index (κ2) is 15.1. The van der Waals surface area contributed by atoms with E-state index in [9.17, 15) is 14.6 Å². The van der Waals surface area contributed by atoms with Gasteiger partial charge in [0, 0.05) is 12.2 Å². The molecule has 0 spiro atoms. The first-order valence-corrected chi connectivity index (χ1v) is 15.7. The van der Waals surface area contributed by atoms with E-state index in [2.05, 4.69) is 5.32 Å². The quantitative estimate of drug-likeness (QED) is 0.162. The molecule has 1 fully saturated rings. The third-order valence-electron chi connectivity index (χ3n) is 6.97. The number of ether oxygens (including phenoxy) is 3. The largest absolute Gasteiger partial charge is 0.491 e. The molecule has 7 nitrogen and oxygen atoms in total. The third kappa shape index (κ3) is 10.0. The Kier molecular flexibility index (Phi) is 11.3. The molecule has 0 radical (unpaired) electrons. The van der Waals surface area contributed by atoms with Gasteiger partial charge in [0.1, 0.15) is 36.6 Å². The predicted octanol–water partition coefficient (Wildman–Crippen LogP) is 5.78. The van der Waals surface area contributed by atoms with E-state index in [-0.39, 0.29) is 18.6 Å². The van der Waals surface area contributed by atoms with Crippen molar-refractivity contribution in [1.82, 2.24) is 5.32 Å². The van der Waals surface area contributed by atoms with Crippen LogP contribution in [0.4, 0.5) is 0 Å². The summed E-state index contributed by atoms with van der Waals surface area (Å²) in [6.45, 7) is 1.83. The van der Waals surface area contributed by atoms with Crippen molar-refractivity contribution < 1.29 is 28.8 Å². The summed E-state index contributed by atoms with van der Waals surface area (Å²) in [4.78, 5) is 10.4. The van der Waals surface area contributed by atoms with Crippen molar-refractivity contribution in [2.24, 2.45) is 0 Å². The van der Waals surface area contributed by atoms with E-state index < -0.39 is 13.5 Å². The van der Waals surface area contributed by atoms with Crippen molar-refractivity contribution in [2.45, 2.75) is 56.9 Å². The van der Waals surface area contributed by atoms with E-state index in [0.717, 1.165) is 55.4 Å². The number of aliphatic hydroxyl groups is 1. The number of aliphatic hydroxyl groups excluding tert-OH is 1. The minimum absolute atomic E-state index is 0.120. The van der Waals surface area contributed by atoms with Crippen LogP contribution in [-0.2, 0) is 17.6 Å². The molecule has 1 aliphatic carbocycles. The first kappa shape index (κ1) is 29.2. The zero-order chi connectivity index (χ0) is 27.3. The minimum Gasteiger partial charge on any atom is -0.491 e. The van der Waals surface area contributed by atoms with Gasteiger partial charge in [0.2, 0.25) is 7.37 Å². The van der Waals surface area contributed by atoms with Crippen molar-refractivity contribution in [3.8, 4) is 17.2 Å². The number of rotatable bonds is 15. The van der Waals surface area contributed by atoms with Crippen LogP contribution in [-0.4, -0.2) is 47.8 Å². The summed E-state index contributed by atoms with van der Waals surface area (Å²) in [6.07, 6.45) is 4.89. The van der Waals surface area contributed by atoms with Crippen LogP contribution in [0.2, 0.25) is 0 Å². The van der Waals surface area contributed by atoms with E-state index in [4.69, 9.17) is 14.2 Å².